The van der Waals surface area contributed by atoms with Crippen LogP contribution < -0.4 is 15.8 Å². The molecule has 1 aromatic carbocycles. The van der Waals surface area contributed by atoms with Crippen LogP contribution in [-0.2, 0) is 0 Å². The zero-order valence-corrected chi connectivity index (χ0v) is 12.5. The van der Waals surface area contributed by atoms with Gasteiger partial charge in [0.25, 0.3) is 5.91 Å². The number of amides is 1. The maximum Gasteiger partial charge on any atom is 0.251 e. The standard InChI is InChI=1S/C14H22N2O2.ClH/c1-10(2)7-12(9-15)16-14(17)11-5-4-6-13(8-11)18-3;/h4-6,8,10,12H,7,9,15H2,1-3H3,(H,16,17);1H. The van der Waals surface area contributed by atoms with Gasteiger partial charge in [-0.2, -0.15) is 0 Å². The number of benzene rings is 1. The minimum absolute atomic E-state index is 0. The van der Waals surface area contributed by atoms with Crippen molar-refractivity contribution in [1.29, 1.82) is 0 Å². The fourth-order valence-electron chi connectivity index (χ4n) is 1.82. The molecule has 0 fully saturated rings. The fourth-order valence-corrected chi connectivity index (χ4v) is 1.82. The second kappa shape index (κ2) is 8.77. The highest BCUT2D eigenvalue weighted by Gasteiger charge is 2.14. The number of hydrogen-bond acceptors (Lipinski definition) is 3. The van der Waals surface area contributed by atoms with E-state index in [1.165, 1.54) is 0 Å². The van der Waals surface area contributed by atoms with Crippen LogP contribution in [0.3, 0.4) is 0 Å². The van der Waals surface area contributed by atoms with E-state index < -0.39 is 0 Å². The Morgan fingerprint density at radius 1 is 1.42 bits per heavy atom. The number of carbonyl (C=O) groups excluding carboxylic acids is 1. The van der Waals surface area contributed by atoms with Gasteiger partial charge in [-0.1, -0.05) is 19.9 Å². The van der Waals surface area contributed by atoms with Gasteiger partial charge in [-0.3, -0.25) is 4.79 Å². The molecule has 0 saturated carbocycles. The molecule has 1 rings (SSSR count). The lowest BCUT2D eigenvalue weighted by atomic mass is 10.0. The Labute approximate surface area is 121 Å². The smallest absolute Gasteiger partial charge is 0.251 e. The zero-order chi connectivity index (χ0) is 13.5. The number of nitrogens with two attached hydrogens (primary N) is 1. The summed E-state index contributed by atoms with van der Waals surface area (Å²) in [5.74, 6) is 1.07. The quantitative estimate of drug-likeness (QED) is 0.843. The van der Waals surface area contributed by atoms with Gasteiger partial charge in [-0.15, -0.1) is 12.4 Å². The van der Waals surface area contributed by atoms with Crippen molar-refractivity contribution in [2.24, 2.45) is 11.7 Å². The largest absolute Gasteiger partial charge is 0.497 e. The third-order valence-corrected chi connectivity index (χ3v) is 2.71. The molecule has 19 heavy (non-hydrogen) atoms. The van der Waals surface area contributed by atoms with Crippen LogP contribution in [-0.4, -0.2) is 25.6 Å². The van der Waals surface area contributed by atoms with Crippen LogP contribution in [0.2, 0.25) is 0 Å². The number of rotatable bonds is 6. The number of ether oxygens (including phenoxy) is 1. The van der Waals surface area contributed by atoms with E-state index in [1.54, 1.807) is 25.3 Å². The molecule has 0 saturated heterocycles. The Bertz CT molecular complexity index is 397. The van der Waals surface area contributed by atoms with E-state index >= 15 is 0 Å². The minimum atomic E-state index is -0.106. The monoisotopic (exact) mass is 286 g/mol. The number of hydrogen-bond donors (Lipinski definition) is 2. The van der Waals surface area contributed by atoms with Gasteiger partial charge in [0.2, 0.25) is 0 Å². The molecule has 1 atom stereocenters. The molecule has 1 unspecified atom stereocenters. The van der Waals surface area contributed by atoms with Crippen LogP contribution in [0.1, 0.15) is 30.6 Å². The normalized spacial score (nSPS) is 11.6. The summed E-state index contributed by atoms with van der Waals surface area (Å²) < 4.78 is 5.10. The first kappa shape index (κ1) is 17.7. The maximum atomic E-state index is 12.0. The van der Waals surface area contributed by atoms with Crippen LogP contribution in [0.5, 0.6) is 5.75 Å². The predicted molar refractivity (Wildman–Crippen MR) is 80.0 cm³/mol. The van der Waals surface area contributed by atoms with E-state index in [9.17, 15) is 4.79 Å². The highest BCUT2D eigenvalue weighted by Crippen LogP contribution is 2.13. The van der Waals surface area contributed by atoms with Crippen LogP contribution in [0.15, 0.2) is 24.3 Å². The van der Waals surface area contributed by atoms with E-state index in [0.29, 0.717) is 23.8 Å². The maximum absolute atomic E-state index is 12.0. The van der Waals surface area contributed by atoms with E-state index in [-0.39, 0.29) is 24.4 Å². The van der Waals surface area contributed by atoms with Crippen LogP contribution in [0, 0.1) is 5.92 Å². The summed E-state index contributed by atoms with van der Waals surface area (Å²) in [7, 11) is 1.58. The number of methoxy groups -OCH3 is 1. The fraction of sp³-hybridized carbons (Fsp3) is 0.500. The molecule has 0 aromatic heterocycles. The number of nitrogens with one attached hydrogen (secondary N) is 1. The highest BCUT2D eigenvalue weighted by atomic mass is 35.5. The topological polar surface area (TPSA) is 64.3 Å². The van der Waals surface area contributed by atoms with Gasteiger partial charge in [0.1, 0.15) is 5.75 Å². The molecule has 0 heterocycles. The van der Waals surface area contributed by atoms with Crippen LogP contribution >= 0.6 is 12.4 Å². The van der Waals surface area contributed by atoms with Crippen molar-refractivity contribution < 1.29 is 9.53 Å². The van der Waals surface area contributed by atoms with Crippen molar-refractivity contribution in [1.82, 2.24) is 5.32 Å². The van der Waals surface area contributed by atoms with Gasteiger partial charge in [0.15, 0.2) is 0 Å². The van der Waals surface area contributed by atoms with Crippen molar-refractivity contribution in [3.63, 3.8) is 0 Å². The average Bonchev–Trinajstić information content (AvgIpc) is 2.37. The lowest BCUT2D eigenvalue weighted by molar-refractivity contribution is 0.0933. The van der Waals surface area contributed by atoms with Crippen molar-refractivity contribution >= 4 is 18.3 Å². The van der Waals surface area contributed by atoms with Gasteiger partial charge < -0.3 is 15.8 Å². The molecule has 1 aromatic rings. The first-order valence-electron chi connectivity index (χ1n) is 6.21. The number of halogens is 1. The van der Waals surface area contributed by atoms with E-state index in [1.807, 2.05) is 6.07 Å². The summed E-state index contributed by atoms with van der Waals surface area (Å²) in [5, 5.41) is 2.95. The Morgan fingerprint density at radius 3 is 2.63 bits per heavy atom. The molecule has 5 heteroatoms. The Morgan fingerprint density at radius 2 is 2.11 bits per heavy atom. The summed E-state index contributed by atoms with van der Waals surface area (Å²) in [6, 6.07) is 7.11. The highest BCUT2D eigenvalue weighted by molar-refractivity contribution is 5.94. The van der Waals surface area contributed by atoms with E-state index in [4.69, 9.17) is 10.5 Å². The average molecular weight is 287 g/mol. The van der Waals surface area contributed by atoms with Gasteiger partial charge >= 0.3 is 0 Å². The first-order chi connectivity index (χ1) is 8.56. The zero-order valence-electron chi connectivity index (χ0n) is 11.7. The molecule has 0 aliphatic carbocycles. The van der Waals surface area contributed by atoms with Crippen LogP contribution in [0.25, 0.3) is 0 Å². The van der Waals surface area contributed by atoms with Crippen molar-refractivity contribution in [3.8, 4) is 5.75 Å². The lowest BCUT2D eigenvalue weighted by Gasteiger charge is -2.18. The van der Waals surface area contributed by atoms with Gasteiger partial charge in [0.05, 0.1) is 7.11 Å². The summed E-state index contributed by atoms with van der Waals surface area (Å²) in [5.41, 5.74) is 6.26. The molecule has 3 N–H and O–H groups in total. The molecule has 0 radical (unpaired) electrons. The van der Waals surface area contributed by atoms with Gasteiger partial charge in [-0.25, -0.2) is 0 Å². The third-order valence-electron chi connectivity index (χ3n) is 2.71. The molecule has 0 spiro atoms. The predicted octanol–water partition coefficient (Wildman–Crippen LogP) is 2.22. The van der Waals surface area contributed by atoms with E-state index in [2.05, 4.69) is 19.2 Å². The number of carbonyl (C=O) groups is 1. The summed E-state index contributed by atoms with van der Waals surface area (Å²) in [6.07, 6.45) is 0.881. The van der Waals surface area contributed by atoms with E-state index in [0.717, 1.165) is 6.42 Å². The molecule has 1 amide bonds. The molecule has 108 valence electrons. The summed E-state index contributed by atoms with van der Waals surface area (Å²) in [4.78, 5) is 12.0. The van der Waals surface area contributed by atoms with Crippen molar-refractivity contribution in [2.75, 3.05) is 13.7 Å². The molecule has 0 bridgehead atoms. The van der Waals surface area contributed by atoms with Gasteiger partial charge in [-0.05, 0) is 30.5 Å². The lowest BCUT2D eigenvalue weighted by Crippen LogP contribution is -2.41. The molecule has 0 aliphatic rings. The SMILES string of the molecule is COc1cccc(C(=O)NC(CN)CC(C)C)c1.Cl. The van der Waals surface area contributed by atoms with Crippen molar-refractivity contribution in [2.45, 2.75) is 26.3 Å². The second-order valence-corrected chi connectivity index (χ2v) is 4.77. The van der Waals surface area contributed by atoms with Gasteiger partial charge in [0, 0.05) is 18.2 Å². The summed E-state index contributed by atoms with van der Waals surface area (Å²) in [6.45, 7) is 4.68. The second-order valence-electron chi connectivity index (χ2n) is 4.77. The molecule has 0 aliphatic heterocycles. The minimum Gasteiger partial charge on any atom is -0.497 e. The first-order valence-corrected chi connectivity index (χ1v) is 6.21. The van der Waals surface area contributed by atoms with Crippen molar-refractivity contribution in [3.05, 3.63) is 29.8 Å². The summed E-state index contributed by atoms with van der Waals surface area (Å²) >= 11 is 0. The Kier molecular flexibility index (Phi) is 8.19. The van der Waals surface area contributed by atoms with Crippen LogP contribution in [0.4, 0.5) is 0 Å². The molecular weight excluding hydrogens is 264 g/mol. The third kappa shape index (κ3) is 5.94. The molecular formula is C14H23ClN2O2. The molecule has 4 nitrogen and oxygen atoms in total. The Balaban J connectivity index is 0.00000324. The Hall–Kier alpha value is -1.26.